The molecule has 9 rings (SSSR count). The summed E-state index contributed by atoms with van der Waals surface area (Å²) in [5.41, 5.74) is 11.6. The van der Waals surface area contributed by atoms with Crippen molar-refractivity contribution in [3.8, 4) is 45.8 Å². The van der Waals surface area contributed by atoms with E-state index in [4.69, 9.17) is 0 Å². The van der Waals surface area contributed by atoms with Crippen LogP contribution in [0.3, 0.4) is 0 Å². The summed E-state index contributed by atoms with van der Waals surface area (Å²) in [7, 11) is 0. The van der Waals surface area contributed by atoms with Crippen LogP contribution in [0, 0.1) is 22.7 Å². The van der Waals surface area contributed by atoms with Gasteiger partial charge in [0.05, 0.1) is 51.0 Å². The zero-order valence-electron chi connectivity index (χ0n) is 25.8. The van der Waals surface area contributed by atoms with Crippen molar-refractivity contribution in [1.29, 1.82) is 10.5 Å². The van der Waals surface area contributed by atoms with Crippen LogP contribution in [0.5, 0.6) is 0 Å². The molecule has 0 aliphatic rings. The Kier molecular flexibility index (Phi) is 6.22. The van der Waals surface area contributed by atoms with Gasteiger partial charge in [-0.05, 0) is 83.4 Å². The lowest BCUT2D eigenvalue weighted by Crippen LogP contribution is -1.99. The van der Waals surface area contributed by atoms with Crippen LogP contribution >= 0.6 is 0 Å². The number of fused-ring (bicyclic) bond motifs is 6. The predicted octanol–water partition coefficient (Wildman–Crippen LogP) is 11.0. The molecule has 222 valence electrons. The zero-order chi connectivity index (χ0) is 32.2. The van der Waals surface area contributed by atoms with Crippen LogP contribution in [0.15, 0.2) is 158 Å². The third-order valence-electron chi connectivity index (χ3n) is 9.37. The van der Waals surface area contributed by atoms with Crippen LogP contribution < -0.4 is 0 Å². The molecular weight excluding hydrogens is 585 g/mol. The molecule has 7 aromatic carbocycles. The summed E-state index contributed by atoms with van der Waals surface area (Å²) >= 11 is 0. The van der Waals surface area contributed by atoms with Crippen LogP contribution in [0.2, 0.25) is 0 Å². The van der Waals surface area contributed by atoms with Gasteiger partial charge in [-0.15, -0.1) is 0 Å². The van der Waals surface area contributed by atoms with Gasteiger partial charge in [-0.1, -0.05) is 91.0 Å². The summed E-state index contributed by atoms with van der Waals surface area (Å²) in [6, 6.07) is 59.0. The molecule has 48 heavy (non-hydrogen) atoms. The summed E-state index contributed by atoms with van der Waals surface area (Å²) < 4.78 is 4.64. The van der Waals surface area contributed by atoms with Crippen molar-refractivity contribution >= 4 is 43.6 Å². The van der Waals surface area contributed by atoms with Crippen LogP contribution in [-0.4, -0.2) is 9.13 Å². The van der Waals surface area contributed by atoms with Crippen LogP contribution in [0.1, 0.15) is 11.1 Å². The average Bonchev–Trinajstić information content (AvgIpc) is 3.67. The fraction of sp³-hybridized carbons (Fsp3) is 0. The van der Waals surface area contributed by atoms with Crippen LogP contribution in [-0.2, 0) is 0 Å². The van der Waals surface area contributed by atoms with Gasteiger partial charge in [-0.25, -0.2) is 0 Å². The molecule has 4 heteroatoms. The molecule has 2 heterocycles. The minimum Gasteiger partial charge on any atom is -0.309 e. The van der Waals surface area contributed by atoms with Gasteiger partial charge in [0.2, 0.25) is 0 Å². The first-order chi connectivity index (χ1) is 23.7. The number of rotatable bonds is 4. The highest BCUT2D eigenvalue weighted by Crippen LogP contribution is 2.40. The van der Waals surface area contributed by atoms with E-state index in [-0.39, 0.29) is 0 Å². The number of aromatic nitrogens is 2. The van der Waals surface area contributed by atoms with E-state index in [9.17, 15) is 10.5 Å². The van der Waals surface area contributed by atoms with Crippen molar-refractivity contribution in [2.75, 3.05) is 0 Å². The van der Waals surface area contributed by atoms with Crippen molar-refractivity contribution in [2.24, 2.45) is 0 Å². The van der Waals surface area contributed by atoms with Gasteiger partial charge in [0, 0.05) is 32.8 Å². The molecule has 4 nitrogen and oxygen atoms in total. The first kappa shape index (κ1) is 27.4. The lowest BCUT2D eigenvalue weighted by molar-refractivity contribution is 1.17. The molecule has 0 saturated heterocycles. The molecule has 2 aromatic heterocycles. The minimum absolute atomic E-state index is 0.622. The lowest BCUT2D eigenvalue weighted by Gasteiger charge is -2.18. The number of benzene rings is 7. The Morgan fingerprint density at radius 3 is 1.58 bits per heavy atom. The average molecular weight is 611 g/mol. The molecule has 0 amide bonds. The molecule has 0 saturated carbocycles. The Morgan fingerprint density at radius 1 is 0.396 bits per heavy atom. The van der Waals surface area contributed by atoms with E-state index in [1.54, 1.807) is 0 Å². The SMILES string of the molecule is N#Cc1ccc2c(c1)c1ccccc1n2-c1cc(-c2ccccc2C#N)cc(-c2ccccc2-n2c3ccccc3c3ccccc32)c1. The fourth-order valence-corrected chi connectivity index (χ4v) is 7.30. The lowest BCUT2D eigenvalue weighted by atomic mass is 9.94. The summed E-state index contributed by atoms with van der Waals surface area (Å²) in [5, 5.41) is 24.4. The Balaban J connectivity index is 1.38. The second-order valence-electron chi connectivity index (χ2n) is 12.0. The molecule has 0 bridgehead atoms. The number of nitrogens with zero attached hydrogens (tertiary/aromatic N) is 4. The van der Waals surface area contributed by atoms with Crippen molar-refractivity contribution < 1.29 is 0 Å². The molecule has 0 fully saturated rings. The third kappa shape index (κ3) is 4.14. The maximum Gasteiger partial charge on any atom is 0.0998 e. The standard InChI is InChI=1S/C44H26N4/c45-27-29-21-22-44-39(23-29)38-16-6-8-18-41(38)47(44)33-25-31(34-12-2-1-11-30(34)28-46)24-32(26-33)35-13-3-7-17-40(35)48-42-19-9-4-14-36(42)37-15-5-10-20-43(37)48/h1-26H. The second-order valence-corrected chi connectivity index (χ2v) is 12.0. The van der Waals surface area contributed by atoms with E-state index in [1.807, 2.05) is 48.5 Å². The molecule has 0 N–H and O–H groups in total. The molecule has 0 radical (unpaired) electrons. The Hall–Kier alpha value is -6.88. The number of nitriles is 2. The Labute approximate surface area is 277 Å². The van der Waals surface area contributed by atoms with E-state index < -0.39 is 0 Å². The van der Waals surface area contributed by atoms with Crippen molar-refractivity contribution in [1.82, 2.24) is 9.13 Å². The Morgan fingerprint density at radius 2 is 0.917 bits per heavy atom. The van der Waals surface area contributed by atoms with E-state index in [0.717, 1.165) is 66.5 Å². The molecule has 0 spiro atoms. The highest BCUT2D eigenvalue weighted by atomic mass is 15.0. The third-order valence-corrected chi connectivity index (χ3v) is 9.37. The quantitative estimate of drug-likeness (QED) is 0.199. The summed E-state index contributed by atoms with van der Waals surface area (Å²) in [4.78, 5) is 0. The minimum atomic E-state index is 0.622. The van der Waals surface area contributed by atoms with Gasteiger partial charge in [-0.2, -0.15) is 10.5 Å². The van der Waals surface area contributed by atoms with Gasteiger partial charge in [-0.3, -0.25) is 0 Å². The molecule has 9 aromatic rings. The van der Waals surface area contributed by atoms with Crippen molar-refractivity contribution in [3.63, 3.8) is 0 Å². The van der Waals surface area contributed by atoms with E-state index in [1.165, 1.54) is 10.8 Å². The van der Waals surface area contributed by atoms with Gasteiger partial charge in [0.25, 0.3) is 0 Å². The highest BCUT2D eigenvalue weighted by molar-refractivity contribution is 6.11. The Bertz CT molecular complexity index is 2760. The second kappa shape index (κ2) is 10.9. The van der Waals surface area contributed by atoms with Crippen LogP contribution in [0.4, 0.5) is 0 Å². The predicted molar refractivity (Wildman–Crippen MR) is 195 cm³/mol. The summed E-state index contributed by atoms with van der Waals surface area (Å²) in [6.07, 6.45) is 0. The summed E-state index contributed by atoms with van der Waals surface area (Å²) in [5.74, 6) is 0. The number of hydrogen-bond donors (Lipinski definition) is 0. The van der Waals surface area contributed by atoms with Gasteiger partial charge >= 0.3 is 0 Å². The van der Waals surface area contributed by atoms with E-state index in [0.29, 0.717) is 11.1 Å². The molecule has 0 atom stereocenters. The van der Waals surface area contributed by atoms with Crippen LogP contribution in [0.25, 0.3) is 77.2 Å². The first-order valence-electron chi connectivity index (χ1n) is 15.9. The largest absolute Gasteiger partial charge is 0.309 e. The number of hydrogen-bond acceptors (Lipinski definition) is 2. The van der Waals surface area contributed by atoms with Crippen molar-refractivity contribution in [2.45, 2.75) is 0 Å². The highest BCUT2D eigenvalue weighted by Gasteiger charge is 2.19. The topological polar surface area (TPSA) is 57.4 Å². The van der Waals surface area contributed by atoms with Gasteiger partial charge in [0.1, 0.15) is 0 Å². The zero-order valence-corrected chi connectivity index (χ0v) is 25.8. The monoisotopic (exact) mass is 610 g/mol. The van der Waals surface area contributed by atoms with E-state index >= 15 is 0 Å². The number of para-hydroxylation sites is 4. The maximum absolute atomic E-state index is 10.1. The maximum atomic E-state index is 10.1. The van der Waals surface area contributed by atoms with E-state index in [2.05, 4.69) is 130 Å². The fourth-order valence-electron chi connectivity index (χ4n) is 7.30. The molecule has 0 aliphatic carbocycles. The first-order valence-corrected chi connectivity index (χ1v) is 15.9. The smallest absolute Gasteiger partial charge is 0.0998 e. The molecule has 0 aliphatic heterocycles. The molecular formula is C44H26N4. The normalized spacial score (nSPS) is 11.3. The summed E-state index contributed by atoms with van der Waals surface area (Å²) in [6.45, 7) is 0. The van der Waals surface area contributed by atoms with Crippen molar-refractivity contribution in [3.05, 3.63) is 169 Å². The van der Waals surface area contributed by atoms with Gasteiger partial charge < -0.3 is 9.13 Å². The van der Waals surface area contributed by atoms with Gasteiger partial charge in [0.15, 0.2) is 0 Å². The molecule has 0 unspecified atom stereocenters.